The molecule has 0 aliphatic carbocycles. The number of hydrogen-bond donors (Lipinski definition) is 1. The van der Waals surface area contributed by atoms with Crippen LogP contribution in [-0.2, 0) is 9.84 Å². The highest BCUT2D eigenvalue weighted by Gasteiger charge is 2.29. The number of nitrogens with zero attached hydrogens (tertiary/aromatic N) is 3. The number of hydrogen-bond acceptors (Lipinski definition) is 5. The first-order chi connectivity index (χ1) is 10.8. The molecule has 1 N–H and O–H groups in total. The van der Waals surface area contributed by atoms with Crippen molar-refractivity contribution >= 4 is 26.8 Å². The number of nitrogens with one attached hydrogen (secondary N) is 1. The summed E-state index contributed by atoms with van der Waals surface area (Å²) < 4.78 is 24.8. The van der Waals surface area contributed by atoms with Crippen molar-refractivity contribution in [3.63, 3.8) is 0 Å². The Balaban J connectivity index is 1.94. The molecule has 0 spiro atoms. The molecule has 23 heavy (non-hydrogen) atoms. The summed E-state index contributed by atoms with van der Waals surface area (Å²) >= 11 is 0. The van der Waals surface area contributed by atoms with Crippen molar-refractivity contribution in [2.24, 2.45) is 0 Å². The first kappa shape index (κ1) is 15.9. The molecular weight excluding hydrogens is 316 g/mol. The lowest BCUT2D eigenvalue weighted by molar-refractivity contribution is 0.0942. The minimum atomic E-state index is -3.02. The number of pyridine rings is 1. The van der Waals surface area contributed by atoms with Crippen molar-refractivity contribution < 1.29 is 13.2 Å². The maximum Gasteiger partial charge on any atom is 0.252 e. The molecule has 1 aliphatic heterocycles. The van der Waals surface area contributed by atoms with Gasteiger partial charge in [0.1, 0.15) is 0 Å². The van der Waals surface area contributed by atoms with Gasteiger partial charge in [-0.05, 0) is 33.3 Å². The van der Waals surface area contributed by atoms with Crippen LogP contribution in [0.5, 0.6) is 0 Å². The van der Waals surface area contributed by atoms with Crippen LogP contribution < -0.4 is 5.32 Å². The Morgan fingerprint density at radius 1 is 1.43 bits per heavy atom. The molecule has 2 aromatic rings. The number of carbonyl (C=O) groups is 1. The van der Waals surface area contributed by atoms with Crippen molar-refractivity contribution in [1.29, 1.82) is 0 Å². The topological polar surface area (TPSA) is 94.0 Å². The SMILES string of the molecule is Cc1cc(C(=O)NC2CCS(=O)(=O)C2)c2cnn(C(C)C)c2n1. The monoisotopic (exact) mass is 336 g/mol. The Bertz CT molecular complexity index is 870. The van der Waals surface area contributed by atoms with Gasteiger partial charge in [-0.3, -0.25) is 4.79 Å². The lowest BCUT2D eigenvalue weighted by atomic mass is 10.1. The Labute approximate surface area is 135 Å². The fraction of sp³-hybridized carbons (Fsp3) is 0.533. The van der Waals surface area contributed by atoms with Gasteiger partial charge >= 0.3 is 0 Å². The maximum atomic E-state index is 12.6. The minimum absolute atomic E-state index is 0.0111. The molecule has 3 rings (SSSR count). The van der Waals surface area contributed by atoms with Gasteiger partial charge in [0.2, 0.25) is 0 Å². The molecule has 0 aromatic carbocycles. The predicted molar refractivity (Wildman–Crippen MR) is 87.2 cm³/mol. The Morgan fingerprint density at radius 2 is 2.17 bits per heavy atom. The van der Waals surface area contributed by atoms with E-state index in [1.807, 2.05) is 20.8 Å². The molecule has 8 heteroatoms. The highest BCUT2D eigenvalue weighted by atomic mass is 32.2. The highest BCUT2D eigenvalue weighted by molar-refractivity contribution is 7.91. The van der Waals surface area contributed by atoms with Gasteiger partial charge in [0, 0.05) is 17.8 Å². The van der Waals surface area contributed by atoms with Gasteiger partial charge in [0.15, 0.2) is 15.5 Å². The molecule has 124 valence electrons. The first-order valence-electron chi connectivity index (χ1n) is 7.63. The summed E-state index contributed by atoms with van der Waals surface area (Å²) in [5.41, 5.74) is 1.89. The van der Waals surface area contributed by atoms with E-state index in [1.54, 1.807) is 16.9 Å². The summed E-state index contributed by atoms with van der Waals surface area (Å²) in [6.07, 6.45) is 2.11. The summed E-state index contributed by atoms with van der Waals surface area (Å²) in [4.78, 5) is 17.1. The summed E-state index contributed by atoms with van der Waals surface area (Å²) in [6.45, 7) is 5.83. The van der Waals surface area contributed by atoms with Crippen LogP contribution in [0.15, 0.2) is 12.3 Å². The molecule has 1 amide bonds. The van der Waals surface area contributed by atoms with Crippen LogP contribution in [-0.4, -0.2) is 46.6 Å². The predicted octanol–water partition coefficient (Wildman–Crippen LogP) is 1.24. The fourth-order valence-corrected chi connectivity index (χ4v) is 4.55. The number of aromatic nitrogens is 3. The average molecular weight is 336 g/mol. The Morgan fingerprint density at radius 3 is 2.78 bits per heavy atom. The van der Waals surface area contributed by atoms with E-state index in [-0.39, 0.29) is 29.5 Å². The maximum absolute atomic E-state index is 12.6. The number of rotatable bonds is 3. The number of sulfone groups is 1. The van der Waals surface area contributed by atoms with Gasteiger partial charge in [0.05, 0.1) is 28.7 Å². The average Bonchev–Trinajstić information content (AvgIpc) is 3.00. The van der Waals surface area contributed by atoms with E-state index < -0.39 is 9.84 Å². The summed E-state index contributed by atoms with van der Waals surface area (Å²) in [6, 6.07) is 1.53. The quantitative estimate of drug-likeness (QED) is 0.910. The van der Waals surface area contributed by atoms with Gasteiger partial charge in [-0.2, -0.15) is 5.10 Å². The van der Waals surface area contributed by atoms with Crippen molar-refractivity contribution in [1.82, 2.24) is 20.1 Å². The van der Waals surface area contributed by atoms with E-state index in [9.17, 15) is 13.2 Å². The van der Waals surface area contributed by atoms with E-state index >= 15 is 0 Å². The molecule has 1 saturated heterocycles. The molecule has 2 aromatic heterocycles. The molecule has 1 fully saturated rings. The molecule has 0 bridgehead atoms. The second kappa shape index (κ2) is 5.59. The Kier molecular flexibility index (Phi) is 3.87. The molecule has 7 nitrogen and oxygen atoms in total. The van der Waals surface area contributed by atoms with Crippen molar-refractivity contribution in [3.8, 4) is 0 Å². The van der Waals surface area contributed by atoms with Crippen molar-refractivity contribution in [2.45, 2.75) is 39.3 Å². The zero-order valence-electron chi connectivity index (χ0n) is 13.4. The lowest BCUT2D eigenvalue weighted by Gasteiger charge is -2.12. The molecule has 0 saturated carbocycles. The highest BCUT2D eigenvalue weighted by Crippen LogP contribution is 2.21. The van der Waals surface area contributed by atoms with Gasteiger partial charge in [-0.15, -0.1) is 0 Å². The van der Waals surface area contributed by atoms with Crippen molar-refractivity contribution in [2.75, 3.05) is 11.5 Å². The summed E-state index contributed by atoms with van der Waals surface area (Å²) in [7, 11) is -3.02. The van der Waals surface area contributed by atoms with E-state index in [0.717, 1.165) is 5.69 Å². The molecular formula is C15H20N4O3S. The molecule has 1 aliphatic rings. The standard InChI is InChI=1S/C15H20N4O3S/c1-9(2)19-14-13(7-16-19)12(6-10(3)17-14)15(20)18-11-4-5-23(21,22)8-11/h6-7,9,11H,4-5,8H2,1-3H3,(H,18,20). The molecule has 1 unspecified atom stereocenters. The smallest absolute Gasteiger partial charge is 0.252 e. The first-order valence-corrected chi connectivity index (χ1v) is 9.45. The van der Waals surface area contributed by atoms with Crippen LogP contribution in [0, 0.1) is 6.92 Å². The summed E-state index contributed by atoms with van der Waals surface area (Å²) in [5, 5.41) is 7.82. The molecule has 3 heterocycles. The largest absolute Gasteiger partial charge is 0.348 e. The van der Waals surface area contributed by atoms with Crippen LogP contribution in [0.2, 0.25) is 0 Å². The third-order valence-corrected chi connectivity index (χ3v) is 5.76. The lowest BCUT2D eigenvalue weighted by Crippen LogP contribution is -2.35. The number of amides is 1. The van der Waals surface area contributed by atoms with Gasteiger partial charge < -0.3 is 5.32 Å². The number of carbonyl (C=O) groups excluding carboxylic acids is 1. The van der Waals surface area contributed by atoms with Crippen LogP contribution >= 0.6 is 0 Å². The van der Waals surface area contributed by atoms with Gasteiger partial charge in [-0.1, -0.05) is 0 Å². The van der Waals surface area contributed by atoms with Crippen LogP contribution in [0.25, 0.3) is 11.0 Å². The summed E-state index contributed by atoms with van der Waals surface area (Å²) in [5.74, 6) is -0.128. The van der Waals surface area contributed by atoms with Crippen molar-refractivity contribution in [3.05, 3.63) is 23.5 Å². The third-order valence-electron chi connectivity index (χ3n) is 4.00. The molecule has 1 atom stereocenters. The van der Waals surface area contributed by atoms with E-state index in [4.69, 9.17) is 0 Å². The number of fused-ring (bicyclic) bond motifs is 1. The Hall–Kier alpha value is -1.96. The van der Waals surface area contributed by atoms with Crippen LogP contribution in [0.1, 0.15) is 42.4 Å². The normalized spacial score (nSPS) is 20.3. The molecule has 0 radical (unpaired) electrons. The van der Waals surface area contributed by atoms with E-state index in [0.29, 0.717) is 23.0 Å². The van der Waals surface area contributed by atoms with E-state index in [1.165, 1.54) is 0 Å². The second-order valence-corrected chi connectivity index (χ2v) is 8.53. The second-order valence-electron chi connectivity index (χ2n) is 6.30. The zero-order chi connectivity index (χ0) is 16.8. The van der Waals surface area contributed by atoms with Crippen LogP contribution in [0.4, 0.5) is 0 Å². The zero-order valence-corrected chi connectivity index (χ0v) is 14.2. The third kappa shape index (κ3) is 3.08. The minimum Gasteiger partial charge on any atom is -0.348 e. The van der Waals surface area contributed by atoms with E-state index in [2.05, 4.69) is 15.4 Å². The number of aryl methyl sites for hydroxylation is 1. The van der Waals surface area contributed by atoms with Crippen LogP contribution in [0.3, 0.4) is 0 Å². The van der Waals surface area contributed by atoms with Gasteiger partial charge in [0.25, 0.3) is 5.91 Å². The van der Waals surface area contributed by atoms with Gasteiger partial charge in [-0.25, -0.2) is 18.1 Å². The fourth-order valence-electron chi connectivity index (χ4n) is 2.88.